The van der Waals surface area contributed by atoms with Gasteiger partial charge in [0.1, 0.15) is 11.8 Å². The zero-order valence-electron chi connectivity index (χ0n) is 18.4. The topological polar surface area (TPSA) is 101 Å². The van der Waals surface area contributed by atoms with Crippen LogP contribution in [0.5, 0.6) is 0 Å². The monoisotopic (exact) mass is 434 g/mol. The summed E-state index contributed by atoms with van der Waals surface area (Å²) < 4.78 is 20.2. The van der Waals surface area contributed by atoms with Gasteiger partial charge in [0.2, 0.25) is 5.78 Å². The molecule has 0 bridgehead atoms. The van der Waals surface area contributed by atoms with Crippen molar-refractivity contribution in [2.24, 2.45) is 34.5 Å². The fourth-order valence-corrected chi connectivity index (χ4v) is 7.54. The van der Waals surface area contributed by atoms with Gasteiger partial charge in [-0.25, -0.2) is 4.39 Å². The smallest absolute Gasteiger partial charge is 0.303 e. The van der Waals surface area contributed by atoms with E-state index < -0.39 is 53.0 Å². The molecule has 0 amide bonds. The van der Waals surface area contributed by atoms with E-state index in [1.807, 2.05) is 6.92 Å². The first-order chi connectivity index (χ1) is 14.4. The fraction of sp³-hybridized carbons (Fsp3) is 0.708. The number of hydrogen-bond donors (Lipinski definition) is 2. The van der Waals surface area contributed by atoms with Crippen molar-refractivity contribution in [3.63, 3.8) is 0 Å². The molecule has 4 rings (SSSR count). The largest absolute Gasteiger partial charge is 0.458 e. The highest BCUT2D eigenvalue weighted by molar-refractivity contribution is 6.01. The van der Waals surface area contributed by atoms with Gasteiger partial charge in [-0.3, -0.25) is 14.4 Å². The summed E-state index contributed by atoms with van der Waals surface area (Å²) in [6, 6.07) is 0. The van der Waals surface area contributed by atoms with Gasteiger partial charge in [-0.2, -0.15) is 0 Å². The second kappa shape index (κ2) is 7.07. The van der Waals surface area contributed by atoms with E-state index in [9.17, 15) is 24.6 Å². The molecule has 2 N–H and O–H groups in total. The molecule has 0 unspecified atom stereocenters. The summed E-state index contributed by atoms with van der Waals surface area (Å²) in [6.07, 6.45) is 3.14. The third-order valence-electron chi connectivity index (χ3n) is 8.89. The van der Waals surface area contributed by atoms with Crippen molar-refractivity contribution in [3.05, 3.63) is 23.8 Å². The SMILES string of the molecule is CC(=O)OCC(=O)[C@@]1(O)[C@@H](C)C[C@H]2[C@@H]3C[C@H](F)C4=CC(=O)C=C[C@]4(C)[C@@H]3[C@@H](O)C[C@@]21C. The number of aliphatic hydroxyl groups is 2. The van der Waals surface area contributed by atoms with Gasteiger partial charge < -0.3 is 14.9 Å². The molecule has 0 aromatic carbocycles. The van der Waals surface area contributed by atoms with Crippen LogP contribution in [0, 0.1) is 34.5 Å². The lowest BCUT2D eigenvalue weighted by Gasteiger charge is -2.60. The number of ketones is 2. The van der Waals surface area contributed by atoms with Crippen LogP contribution in [-0.4, -0.2) is 52.2 Å². The molecule has 6 nitrogen and oxygen atoms in total. The number of esters is 1. The van der Waals surface area contributed by atoms with Crippen LogP contribution >= 0.6 is 0 Å². The zero-order chi connectivity index (χ0) is 22.9. The molecule has 0 spiro atoms. The molecular weight excluding hydrogens is 403 g/mol. The lowest BCUT2D eigenvalue weighted by Crippen LogP contribution is -2.63. The van der Waals surface area contributed by atoms with Crippen LogP contribution in [0.3, 0.4) is 0 Å². The Labute approximate surface area is 181 Å². The zero-order valence-corrected chi connectivity index (χ0v) is 18.4. The summed E-state index contributed by atoms with van der Waals surface area (Å²) in [5.41, 5.74) is -3.13. The minimum atomic E-state index is -1.78. The highest BCUT2D eigenvalue weighted by atomic mass is 19.1. The van der Waals surface area contributed by atoms with E-state index in [4.69, 9.17) is 4.74 Å². The molecule has 4 aliphatic carbocycles. The number of aliphatic hydroxyl groups excluding tert-OH is 1. The molecule has 3 fully saturated rings. The summed E-state index contributed by atoms with van der Waals surface area (Å²) in [5.74, 6) is -2.62. The Morgan fingerprint density at radius 2 is 1.97 bits per heavy atom. The fourth-order valence-electron chi connectivity index (χ4n) is 7.54. The number of alkyl halides is 1. The van der Waals surface area contributed by atoms with Crippen LogP contribution in [-0.2, 0) is 19.1 Å². The van der Waals surface area contributed by atoms with Crippen LogP contribution in [0.25, 0.3) is 0 Å². The number of carbonyl (C=O) groups is 3. The number of allylic oxidation sites excluding steroid dienone is 4. The van der Waals surface area contributed by atoms with Gasteiger partial charge in [0.15, 0.2) is 12.4 Å². The van der Waals surface area contributed by atoms with E-state index in [1.54, 1.807) is 19.9 Å². The van der Waals surface area contributed by atoms with Gasteiger partial charge in [-0.15, -0.1) is 0 Å². The average Bonchev–Trinajstić information content (AvgIpc) is 2.88. The Kier molecular flexibility index (Phi) is 5.10. The molecule has 9 atom stereocenters. The number of halogens is 1. The molecule has 7 heteroatoms. The third kappa shape index (κ3) is 2.92. The highest BCUT2D eigenvalue weighted by Crippen LogP contribution is 2.68. The maximum atomic E-state index is 15.4. The number of Topliss-reactive ketones (excluding diaryl/α,β-unsaturated/α-hetero) is 1. The Bertz CT molecular complexity index is 895. The second-order valence-electron chi connectivity index (χ2n) is 10.4. The van der Waals surface area contributed by atoms with Crippen LogP contribution in [0.15, 0.2) is 23.8 Å². The quantitative estimate of drug-likeness (QED) is 0.661. The Morgan fingerprint density at radius 1 is 1.29 bits per heavy atom. The molecule has 4 aliphatic rings. The Balaban J connectivity index is 1.74. The van der Waals surface area contributed by atoms with E-state index >= 15 is 4.39 Å². The summed E-state index contributed by atoms with van der Waals surface area (Å²) >= 11 is 0. The molecule has 0 aliphatic heterocycles. The maximum absolute atomic E-state index is 15.4. The molecule has 0 aromatic rings. The summed E-state index contributed by atoms with van der Waals surface area (Å²) in [7, 11) is 0. The minimum absolute atomic E-state index is 0.144. The van der Waals surface area contributed by atoms with E-state index in [1.165, 1.54) is 19.1 Å². The number of fused-ring (bicyclic) bond motifs is 5. The summed E-state index contributed by atoms with van der Waals surface area (Å²) in [4.78, 5) is 36.2. The summed E-state index contributed by atoms with van der Waals surface area (Å²) in [6.45, 7) is 6.13. The number of hydrogen-bond acceptors (Lipinski definition) is 6. The first-order valence-corrected chi connectivity index (χ1v) is 11.0. The first kappa shape index (κ1) is 22.3. The lowest BCUT2D eigenvalue weighted by atomic mass is 9.46. The molecule has 170 valence electrons. The molecule has 31 heavy (non-hydrogen) atoms. The van der Waals surface area contributed by atoms with Crippen molar-refractivity contribution < 1.29 is 33.7 Å². The van der Waals surface area contributed by atoms with Crippen LogP contribution in [0.1, 0.15) is 47.0 Å². The van der Waals surface area contributed by atoms with Gasteiger partial charge in [0.05, 0.1) is 6.10 Å². The predicted octanol–water partition coefficient (Wildman–Crippen LogP) is 2.32. The van der Waals surface area contributed by atoms with E-state index in [0.29, 0.717) is 12.0 Å². The van der Waals surface area contributed by atoms with Crippen molar-refractivity contribution in [2.45, 2.75) is 64.8 Å². The molecular formula is C24H31FO6. The number of rotatable bonds is 3. The van der Waals surface area contributed by atoms with Gasteiger partial charge >= 0.3 is 5.97 Å². The van der Waals surface area contributed by atoms with Crippen molar-refractivity contribution >= 4 is 17.5 Å². The van der Waals surface area contributed by atoms with E-state index in [0.717, 1.165) is 0 Å². The molecule has 0 heterocycles. The maximum Gasteiger partial charge on any atom is 0.303 e. The normalized spacial score (nSPS) is 48.4. The van der Waals surface area contributed by atoms with Crippen molar-refractivity contribution in [1.82, 2.24) is 0 Å². The van der Waals surface area contributed by atoms with Crippen LogP contribution in [0.2, 0.25) is 0 Å². The lowest BCUT2D eigenvalue weighted by molar-refractivity contribution is -0.187. The molecule has 0 radical (unpaired) electrons. The Hall–Kier alpha value is -1.86. The molecule has 0 aromatic heterocycles. The van der Waals surface area contributed by atoms with Crippen molar-refractivity contribution in [1.29, 1.82) is 0 Å². The van der Waals surface area contributed by atoms with Gasteiger partial charge in [0.25, 0.3) is 0 Å². The van der Waals surface area contributed by atoms with Gasteiger partial charge in [0, 0.05) is 23.7 Å². The standard InChI is InChI=1S/C24H31FO6/c1-12-7-16-15-9-18(25)17-8-14(27)5-6-22(17,3)21(15)19(28)10-23(16,4)24(12,30)20(29)11-31-13(2)26/h5-6,8,12,15-16,18-19,21,28,30H,7,9-11H2,1-4H3/t12-,15-,16-,18-,19-,21-,22-,23-,24-/m0/s1. The van der Waals surface area contributed by atoms with E-state index in [-0.39, 0.29) is 36.4 Å². The van der Waals surface area contributed by atoms with Crippen molar-refractivity contribution in [2.75, 3.05) is 6.61 Å². The van der Waals surface area contributed by atoms with Gasteiger partial charge in [-0.1, -0.05) is 26.8 Å². The van der Waals surface area contributed by atoms with Gasteiger partial charge in [-0.05, 0) is 54.7 Å². The summed E-state index contributed by atoms with van der Waals surface area (Å²) in [5, 5.41) is 23.0. The average molecular weight is 435 g/mol. The number of ether oxygens (including phenoxy) is 1. The van der Waals surface area contributed by atoms with E-state index in [2.05, 4.69) is 0 Å². The molecule has 3 saturated carbocycles. The predicted molar refractivity (Wildman–Crippen MR) is 109 cm³/mol. The first-order valence-electron chi connectivity index (χ1n) is 11.0. The van der Waals surface area contributed by atoms with Crippen LogP contribution < -0.4 is 0 Å². The third-order valence-corrected chi connectivity index (χ3v) is 8.89. The number of carbonyl (C=O) groups excluding carboxylic acids is 3. The second-order valence-corrected chi connectivity index (χ2v) is 10.4. The minimum Gasteiger partial charge on any atom is -0.458 e. The van der Waals surface area contributed by atoms with Crippen molar-refractivity contribution in [3.8, 4) is 0 Å². The molecule has 0 saturated heterocycles. The van der Waals surface area contributed by atoms with Crippen LogP contribution in [0.4, 0.5) is 4.39 Å². The Morgan fingerprint density at radius 3 is 2.61 bits per heavy atom. The highest BCUT2D eigenvalue weighted by Gasteiger charge is 2.71.